The molecule has 0 spiro atoms. The summed E-state index contributed by atoms with van der Waals surface area (Å²) < 4.78 is 1.39. The van der Waals surface area contributed by atoms with Crippen LogP contribution < -0.4 is 0 Å². The molecule has 0 aliphatic heterocycles. The Morgan fingerprint density at radius 1 is 1.35 bits per heavy atom. The van der Waals surface area contributed by atoms with E-state index < -0.39 is 4.92 Å². The van der Waals surface area contributed by atoms with E-state index in [0.717, 1.165) is 11.3 Å². The molecule has 1 heterocycles. The van der Waals surface area contributed by atoms with E-state index in [0.29, 0.717) is 5.69 Å². The summed E-state index contributed by atoms with van der Waals surface area (Å²) in [6.07, 6.45) is 0. The Bertz CT molecular complexity index is 592. The topological polar surface area (TPSA) is 61.0 Å². The Hall–Kier alpha value is -1.88. The monoisotopic (exact) mass is 251 g/mol. The summed E-state index contributed by atoms with van der Waals surface area (Å²) in [7, 11) is 0. The van der Waals surface area contributed by atoms with Crippen molar-refractivity contribution in [2.75, 3.05) is 0 Å². The molecule has 17 heavy (non-hydrogen) atoms. The first-order valence-corrected chi connectivity index (χ1v) is 5.35. The van der Waals surface area contributed by atoms with Gasteiger partial charge in [-0.15, -0.1) is 0 Å². The molecular formula is C11H10ClN3O2. The van der Waals surface area contributed by atoms with Crippen LogP contribution in [0.15, 0.2) is 24.3 Å². The van der Waals surface area contributed by atoms with Crippen molar-refractivity contribution in [1.82, 2.24) is 9.78 Å². The molecule has 2 rings (SSSR count). The SMILES string of the molecule is Cc1ccccc1-n1nc(C)c([N+](=O)[O-])c1Cl. The van der Waals surface area contributed by atoms with Crippen LogP contribution in [0, 0.1) is 24.0 Å². The highest BCUT2D eigenvalue weighted by molar-refractivity contribution is 6.32. The molecule has 1 aromatic heterocycles. The van der Waals surface area contributed by atoms with Crippen molar-refractivity contribution in [2.45, 2.75) is 13.8 Å². The maximum Gasteiger partial charge on any atom is 0.329 e. The molecule has 2 aromatic rings. The van der Waals surface area contributed by atoms with Gasteiger partial charge >= 0.3 is 5.69 Å². The zero-order chi connectivity index (χ0) is 12.6. The highest BCUT2D eigenvalue weighted by Gasteiger charge is 2.24. The van der Waals surface area contributed by atoms with Gasteiger partial charge in [0.05, 0.1) is 10.6 Å². The van der Waals surface area contributed by atoms with Gasteiger partial charge in [0, 0.05) is 0 Å². The van der Waals surface area contributed by atoms with Crippen LogP contribution in [0.1, 0.15) is 11.3 Å². The van der Waals surface area contributed by atoms with Crippen molar-refractivity contribution >= 4 is 17.3 Å². The van der Waals surface area contributed by atoms with Gasteiger partial charge in [-0.25, -0.2) is 4.68 Å². The number of hydrogen-bond donors (Lipinski definition) is 0. The predicted molar refractivity (Wildman–Crippen MR) is 64.7 cm³/mol. The van der Waals surface area contributed by atoms with Crippen LogP contribution >= 0.6 is 11.6 Å². The van der Waals surface area contributed by atoms with Crippen molar-refractivity contribution in [2.24, 2.45) is 0 Å². The Balaban J connectivity index is 2.66. The van der Waals surface area contributed by atoms with Crippen molar-refractivity contribution in [3.05, 3.63) is 50.8 Å². The van der Waals surface area contributed by atoms with E-state index in [1.807, 2.05) is 31.2 Å². The lowest BCUT2D eigenvalue weighted by Gasteiger charge is -2.05. The van der Waals surface area contributed by atoms with Gasteiger partial charge in [-0.2, -0.15) is 5.10 Å². The van der Waals surface area contributed by atoms with Crippen LogP contribution in [0.4, 0.5) is 5.69 Å². The number of nitro groups is 1. The molecule has 6 heteroatoms. The van der Waals surface area contributed by atoms with E-state index >= 15 is 0 Å². The van der Waals surface area contributed by atoms with Crippen LogP contribution in [-0.2, 0) is 0 Å². The molecule has 1 aromatic carbocycles. The minimum atomic E-state index is -0.514. The maximum absolute atomic E-state index is 10.8. The molecule has 0 N–H and O–H groups in total. The van der Waals surface area contributed by atoms with Crippen LogP contribution in [-0.4, -0.2) is 14.7 Å². The third-order valence-corrected chi connectivity index (χ3v) is 2.84. The lowest BCUT2D eigenvalue weighted by atomic mass is 10.2. The summed E-state index contributed by atoms with van der Waals surface area (Å²) in [5.74, 6) is 0. The zero-order valence-electron chi connectivity index (χ0n) is 9.35. The molecule has 0 radical (unpaired) electrons. The van der Waals surface area contributed by atoms with Crippen molar-refractivity contribution in [1.29, 1.82) is 0 Å². The van der Waals surface area contributed by atoms with Crippen molar-refractivity contribution in [3.63, 3.8) is 0 Å². The van der Waals surface area contributed by atoms with Crippen molar-refractivity contribution in [3.8, 4) is 5.69 Å². The summed E-state index contributed by atoms with van der Waals surface area (Å²) in [5, 5.41) is 15.0. The smallest absolute Gasteiger partial charge is 0.258 e. The summed E-state index contributed by atoms with van der Waals surface area (Å²) in [6, 6.07) is 7.44. The number of aromatic nitrogens is 2. The van der Waals surface area contributed by atoms with Gasteiger partial charge in [-0.1, -0.05) is 29.8 Å². The number of rotatable bonds is 2. The van der Waals surface area contributed by atoms with Gasteiger partial charge in [0.1, 0.15) is 5.69 Å². The number of hydrogen-bond acceptors (Lipinski definition) is 3. The van der Waals surface area contributed by atoms with Gasteiger partial charge in [0.15, 0.2) is 0 Å². The third kappa shape index (κ3) is 1.89. The average Bonchev–Trinajstić information content (AvgIpc) is 2.55. The van der Waals surface area contributed by atoms with Crippen LogP contribution in [0.2, 0.25) is 5.15 Å². The van der Waals surface area contributed by atoms with E-state index in [2.05, 4.69) is 5.10 Å². The Labute approximate surface area is 103 Å². The zero-order valence-corrected chi connectivity index (χ0v) is 10.1. The molecule has 0 saturated heterocycles. The summed E-state index contributed by atoms with van der Waals surface area (Å²) in [6.45, 7) is 3.47. The van der Waals surface area contributed by atoms with E-state index in [-0.39, 0.29) is 10.8 Å². The Morgan fingerprint density at radius 3 is 2.53 bits per heavy atom. The summed E-state index contributed by atoms with van der Waals surface area (Å²) in [4.78, 5) is 10.3. The van der Waals surface area contributed by atoms with E-state index in [1.165, 1.54) is 4.68 Å². The van der Waals surface area contributed by atoms with Gasteiger partial charge in [-0.05, 0) is 25.5 Å². The molecule has 88 valence electrons. The quantitative estimate of drug-likeness (QED) is 0.609. The highest BCUT2D eigenvalue weighted by atomic mass is 35.5. The third-order valence-electron chi connectivity index (χ3n) is 2.50. The number of aryl methyl sites for hydroxylation is 2. The molecular weight excluding hydrogens is 242 g/mol. The first-order valence-electron chi connectivity index (χ1n) is 4.98. The summed E-state index contributed by atoms with van der Waals surface area (Å²) >= 11 is 5.99. The van der Waals surface area contributed by atoms with Gasteiger partial charge < -0.3 is 0 Å². The second-order valence-corrected chi connectivity index (χ2v) is 4.04. The highest BCUT2D eigenvalue weighted by Crippen LogP contribution is 2.30. The fourth-order valence-corrected chi connectivity index (χ4v) is 1.99. The summed E-state index contributed by atoms with van der Waals surface area (Å²) in [5.41, 5.74) is 1.86. The number of benzene rings is 1. The Morgan fingerprint density at radius 2 is 2.00 bits per heavy atom. The fourth-order valence-electron chi connectivity index (χ4n) is 1.66. The molecule has 0 amide bonds. The first kappa shape index (κ1) is 11.6. The number of halogens is 1. The largest absolute Gasteiger partial charge is 0.329 e. The molecule has 0 bridgehead atoms. The molecule has 0 atom stereocenters. The van der Waals surface area contributed by atoms with Gasteiger partial charge in [0.25, 0.3) is 0 Å². The molecule has 5 nitrogen and oxygen atoms in total. The van der Waals surface area contributed by atoms with Crippen molar-refractivity contribution < 1.29 is 4.92 Å². The molecule has 0 saturated carbocycles. The first-order chi connectivity index (χ1) is 8.02. The van der Waals surface area contributed by atoms with Crippen LogP contribution in [0.3, 0.4) is 0 Å². The number of nitrogens with zero attached hydrogens (tertiary/aromatic N) is 3. The Kier molecular flexibility index (Phi) is 2.85. The second-order valence-electron chi connectivity index (χ2n) is 3.68. The van der Waals surface area contributed by atoms with E-state index in [4.69, 9.17) is 11.6 Å². The normalized spacial score (nSPS) is 10.5. The predicted octanol–water partition coefficient (Wildman–Crippen LogP) is 3.05. The van der Waals surface area contributed by atoms with Gasteiger partial charge in [-0.3, -0.25) is 10.1 Å². The number of para-hydroxylation sites is 1. The maximum atomic E-state index is 10.8. The fraction of sp³-hybridized carbons (Fsp3) is 0.182. The molecule has 0 aliphatic carbocycles. The minimum absolute atomic E-state index is 0.0294. The minimum Gasteiger partial charge on any atom is -0.258 e. The average molecular weight is 252 g/mol. The molecule has 0 aliphatic rings. The lowest BCUT2D eigenvalue weighted by Crippen LogP contribution is -1.99. The van der Waals surface area contributed by atoms with Gasteiger partial charge in [0.2, 0.25) is 5.15 Å². The second kappa shape index (κ2) is 4.18. The standard InChI is InChI=1S/C11H10ClN3O2/c1-7-5-3-4-6-9(7)14-11(12)10(15(16)17)8(2)13-14/h3-6H,1-2H3. The molecule has 0 fully saturated rings. The van der Waals surface area contributed by atoms with E-state index in [9.17, 15) is 10.1 Å². The lowest BCUT2D eigenvalue weighted by molar-refractivity contribution is -0.385. The van der Waals surface area contributed by atoms with Crippen LogP contribution in [0.25, 0.3) is 5.69 Å². The molecule has 0 unspecified atom stereocenters. The van der Waals surface area contributed by atoms with Crippen LogP contribution in [0.5, 0.6) is 0 Å². The van der Waals surface area contributed by atoms with E-state index in [1.54, 1.807) is 6.92 Å².